The third-order valence-corrected chi connectivity index (χ3v) is 13.2. The van der Waals surface area contributed by atoms with Gasteiger partial charge in [-0.2, -0.15) is 9.97 Å². The lowest BCUT2D eigenvalue weighted by atomic mass is 9.94. The van der Waals surface area contributed by atoms with Crippen LogP contribution in [-0.4, -0.2) is 24.1 Å². The lowest BCUT2D eigenvalue weighted by Crippen LogP contribution is -2.06. The van der Waals surface area contributed by atoms with Crippen molar-refractivity contribution in [3.8, 4) is 78.9 Å². The lowest BCUT2D eigenvalue weighted by Gasteiger charge is -2.17. The standard InChI is InChI=1S/C63H41N5/c1-5-18-42(19-6-1)45-32-34-47(35-33-45)62-64-61(46-24-11-4-12-25-46)65-63(66-62)68-55-30-15-13-28-51(55)52-37-39-58-59(60(52)68)53-29-14-16-31-56(53)67(58)57-38-36-49(44-22-9-3-10-23-44)41-54(57)50-27-17-26-48(40-50)43-20-7-2-8-21-43/h1-41H. The maximum absolute atomic E-state index is 5.39. The van der Waals surface area contributed by atoms with E-state index in [4.69, 9.17) is 15.0 Å². The van der Waals surface area contributed by atoms with Crippen LogP contribution >= 0.6 is 0 Å². The minimum atomic E-state index is 0.558. The number of aromatic nitrogens is 5. The number of nitrogens with zero attached hydrogens (tertiary/aromatic N) is 5. The summed E-state index contributed by atoms with van der Waals surface area (Å²) >= 11 is 0. The van der Waals surface area contributed by atoms with Crippen molar-refractivity contribution < 1.29 is 0 Å². The second-order valence-electron chi connectivity index (χ2n) is 17.2. The van der Waals surface area contributed by atoms with E-state index in [9.17, 15) is 0 Å². The van der Waals surface area contributed by atoms with Crippen LogP contribution in [0.25, 0.3) is 123 Å². The van der Waals surface area contributed by atoms with Crippen LogP contribution in [0.3, 0.4) is 0 Å². The average Bonchev–Trinajstić information content (AvgIpc) is 3.95. The lowest BCUT2D eigenvalue weighted by molar-refractivity contribution is 0.955. The normalized spacial score (nSPS) is 11.5. The predicted octanol–water partition coefficient (Wildman–Crippen LogP) is 16.1. The van der Waals surface area contributed by atoms with E-state index in [1.54, 1.807) is 0 Å². The van der Waals surface area contributed by atoms with Gasteiger partial charge in [-0.25, -0.2) is 4.98 Å². The van der Waals surface area contributed by atoms with Gasteiger partial charge < -0.3 is 4.57 Å². The molecular formula is C63H41N5. The van der Waals surface area contributed by atoms with Gasteiger partial charge in [0.1, 0.15) is 0 Å². The quantitative estimate of drug-likeness (QED) is 0.153. The van der Waals surface area contributed by atoms with E-state index < -0.39 is 0 Å². The fourth-order valence-electron chi connectivity index (χ4n) is 10.00. The Morgan fingerprint density at radius 3 is 1.37 bits per heavy atom. The number of benzene rings is 10. The first-order chi connectivity index (χ1) is 33.7. The highest BCUT2D eigenvalue weighted by Crippen LogP contribution is 2.44. The molecule has 10 aromatic carbocycles. The van der Waals surface area contributed by atoms with Gasteiger partial charge in [0.25, 0.3) is 0 Å². The summed E-state index contributed by atoms with van der Waals surface area (Å²) in [6.45, 7) is 0. The van der Waals surface area contributed by atoms with Gasteiger partial charge in [-0.3, -0.25) is 4.57 Å². The Hall–Kier alpha value is -9.19. The Morgan fingerprint density at radius 2 is 0.721 bits per heavy atom. The molecule has 5 heteroatoms. The van der Waals surface area contributed by atoms with Gasteiger partial charge in [-0.05, 0) is 75.3 Å². The fourth-order valence-corrected chi connectivity index (χ4v) is 10.00. The highest BCUT2D eigenvalue weighted by atomic mass is 15.2. The summed E-state index contributed by atoms with van der Waals surface area (Å²) in [4.78, 5) is 15.9. The zero-order valence-corrected chi connectivity index (χ0v) is 36.9. The van der Waals surface area contributed by atoms with Crippen LogP contribution in [0.2, 0.25) is 0 Å². The van der Waals surface area contributed by atoms with Gasteiger partial charge in [0.15, 0.2) is 11.6 Å². The molecule has 0 N–H and O–H groups in total. The third kappa shape index (κ3) is 6.68. The number of fused-ring (bicyclic) bond motifs is 7. The molecule has 0 fully saturated rings. The Balaban J connectivity index is 1.08. The molecule has 0 radical (unpaired) electrons. The van der Waals surface area contributed by atoms with E-state index in [0.717, 1.165) is 88.2 Å². The average molecular weight is 868 g/mol. The van der Waals surface area contributed by atoms with Crippen LogP contribution < -0.4 is 0 Å². The van der Waals surface area contributed by atoms with Crippen LogP contribution in [0.5, 0.6) is 0 Å². The molecule has 3 heterocycles. The predicted molar refractivity (Wildman–Crippen MR) is 281 cm³/mol. The molecule has 13 rings (SSSR count). The van der Waals surface area contributed by atoms with Crippen molar-refractivity contribution in [1.29, 1.82) is 0 Å². The maximum Gasteiger partial charge on any atom is 0.238 e. The van der Waals surface area contributed by atoms with Crippen molar-refractivity contribution in [2.24, 2.45) is 0 Å². The monoisotopic (exact) mass is 867 g/mol. The van der Waals surface area contributed by atoms with E-state index >= 15 is 0 Å². The molecule has 318 valence electrons. The molecule has 0 atom stereocenters. The third-order valence-electron chi connectivity index (χ3n) is 13.2. The van der Waals surface area contributed by atoms with Crippen molar-refractivity contribution in [2.45, 2.75) is 0 Å². The van der Waals surface area contributed by atoms with Crippen LogP contribution in [0.1, 0.15) is 0 Å². The summed E-state index contributed by atoms with van der Waals surface area (Å²) in [6.07, 6.45) is 0. The Labute approximate surface area is 393 Å². The van der Waals surface area contributed by atoms with Crippen molar-refractivity contribution in [3.05, 3.63) is 249 Å². The molecule has 0 saturated carbocycles. The molecule has 0 aliphatic rings. The second-order valence-corrected chi connectivity index (χ2v) is 17.2. The minimum absolute atomic E-state index is 0.558. The first-order valence-corrected chi connectivity index (χ1v) is 23.0. The van der Waals surface area contributed by atoms with Crippen LogP contribution in [0.15, 0.2) is 249 Å². The molecule has 3 aromatic heterocycles. The summed E-state index contributed by atoms with van der Waals surface area (Å²) in [5, 5.41) is 4.52. The van der Waals surface area contributed by atoms with Crippen molar-refractivity contribution in [3.63, 3.8) is 0 Å². The molecule has 0 saturated heterocycles. The van der Waals surface area contributed by atoms with E-state index in [1.807, 2.05) is 24.3 Å². The van der Waals surface area contributed by atoms with Gasteiger partial charge in [0.05, 0.1) is 27.8 Å². The Kier molecular flexibility index (Phi) is 9.43. The van der Waals surface area contributed by atoms with E-state index in [-0.39, 0.29) is 0 Å². The summed E-state index contributed by atoms with van der Waals surface area (Å²) in [7, 11) is 0. The highest BCUT2D eigenvalue weighted by Gasteiger charge is 2.24. The molecule has 0 amide bonds. The van der Waals surface area contributed by atoms with Gasteiger partial charge in [0.2, 0.25) is 5.95 Å². The molecule has 0 unspecified atom stereocenters. The SMILES string of the molecule is c1ccc(-c2ccc(-c3nc(-c4ccccc4)nc(-n4c5ccccc5c5ccc6c(c7ccccc7n6-c6ccc(-c7ccccc7)cc6-c6cccc(-c7ccccc7)c6)c54)n3)cc2)cc1. The van der Waals surface area contributed by atoms with Crippen LogP contribution in [-0.2, 0) is 0 Å². The Bertz CT molecular complexity index is 3990. The van der Waals surface area contributed by atoms with E-state index in [1.165, 1.54) is 16.7 Å². The number of rotatable bonds is 8. The number of para-hydroxylation sites is 2. The van der Waals surface area contributed by atoms with Crippen LogP contribution in [0.4, 0.5) is 0 Å². The summed E-state index contributed by atoms with van der Waals surface area (Å²) < 4.78 is 4.72. The minimum Gasteiger partial charge on any atom is -0.309 e. The van der Waals surface area contributed by atoms with Crippen molar-refractivity contribution >= 4 is 43.6 Å². The fraction of sp³-hybridized carbons (Fsp3) is 0. The Morgan fingerprint density at radius 1 is 0.265 bits per heavy atom. The number of hydrogen-bond donors (Lipinski definition) is 0. The topological polar surface area (TPSA) is 48.5 Å². The zero-order chi connectivity index (χ0) is 45.0. The highest BCUT2D eigenvalue weighted by molar-refractivity contribution is 6.26. The van der Waals surface area contributed by atoms with Gasteiger partial charge in [-0.1, -0.05) is 212 Å². The molecule has 5 nitrogen and oxygen atoms in total. The summed E-state index contributed by atoms with van der Waals surface area (Å²) in [5.74, 6) is 1.77. The van der Waals surface area contributed by atoms with Crippen molar-refractivity contribution in [2.75, 3.05) is 0 Å². The zero-order valence-electron chi connectivity index (χ0n) is 36.9. The maximum atomic E-state index is 5.39. The molecule has 0 aliphatic carbocycles. The number of hydrogen-bond acceptors (Lipinski definition) is 3. The smallest absolute Gasteiger partial charge is 0.238 e. The van der Waals surface area contributed by atoms with Gasteiger partial charge in [0, 0.05) is 38.2 Å². The van der Waals surface area contributed by atoms with Crippen molar-refractivity contribution in [1.82, 2.24) is 24.1 Å². The summed E-state index contributed by atoms with van der Waals surface area (Å²) in [5.41, 5.74) is 16.5. The molecule has 68 heavy (non-hydrogen) atoms. The van der Waals surface area contributed by atoms with Gasteiger partial charge in [-0.15, -0.1) is 0 Å². The van der Waals surface area contributed by atoms with Crippen LogP contribution in [0, 0.1) is 0 Å². The first-order valence-electron chi connectivity index (χ1n) is 23.0. The largest absolute Gasteiger partial charge is 0.309 e. The molecule has 0 aliphatic heterocycles. The summed E-state index contributed by atoms with van der Waals surface area (Å²) in [6, 6.07) is 88.3. The molecule has 0 bridgehead atoms. The van der Waals surface area contributed by atoms with Gasteiger partial charge >= 0.3 is 0 Å². The van der Waals surface area contributed by atoms with E-state index in [0.29, 0.717) is 17.6 Å². The molecular weight excluding hydrogens is 827 g/mol. The molecule has 0 spiro atoms. The molecule has 13 aromatic rings. The van der Waals surface area contributed by atoms with E-state index in [2.05, 4.69) is 234 Å². The first kappa shape index (κ1) is 39.2. The second kappa shape index (κ2) is 16.4.